The number of pyridine rings is 1. The molecule has 136 valence electrons. The first-order valence-electron chi connectivity index (χ1n) is 9.34. The van der Waals surface area contributed by atoms with Crippen LogP contribution in [0.1, 0.15) is 30.5 Å². The number of benzene rings is 1. The van der Waals surface area contributed by atoms with Crippen LogP contribution in [0.3, 0.4) is 0 Å². The third-order valence-electron chi connectivity index (χ3n) is 5.54. The summed E-state index contributed by atoms with van der Waals surface area (Å²) < 4.78 is 0. The number of para-hydroxylation sites is 1. The molecule has 0 saturated carbocycles. The van der Waals surface area contributed by atoms with Gasteiger partial charge in [0.2, 0.25) is 11.8 Å². The highest BCUT2D eigenvalue weighted by Gasteiger charge is 2.25. The zero-order chi connectivity index (χ0) is 18.1. The number of nitrogens with two attached hydrogens (primary N) is 1. The van der Waals surface area contributed by atoms with Gasteiger partial charge in [0.25, 0.3) is 0 Å². The summed E-state index contributed by atoms with van der Waals surface area (Å²) in [6, 6.07) is 7.98. The van der Waals surface area contributed by atoms with Gasteiger partial charge in [-0.05, 0) is 56.8 Å². The van der Waals surface area contributed by atoms with Crippen LogP contribution in [0.25, 0.3) is 10.9 Å². The number of nitrogens with zero attached hydrogens (tertiary/aromatic N) is 2. The first-order valence-corrected chi connectivity index (χ1v) is 9.34. The van der Waals surface area contributed by atoms with Crippen LogP contribution < -0.4 is 11.1 Å². The molecular weight excluding hydrogens is 328 g/mol. The van der Waals surface area contributed by atoms with Gasteiger partial charge in [-0.2, -0.15) is 0 Å². The number of likely N-dealkylation sites (tertiary alicyclic amines) is 1. The number of rotatable bonds is 4. The lowest BCUT2D eigenvalue weighted by Crippen LogP contribution is -2.42. The number of nitrogens with one attached hydrogen (secondary N) is 1. The summed E-state index contributed by atoms with van der Waals surface area (Å²) in [5.41, 5.74) is 9.54. The SMILES string of the molecule is NC(=O)C1CCN(CC(=O)Nc2c3c(nc4ccccc24)CCC3)CC1. The molecule has 1 fully saturated rings. The maximum atomic E-state index is 12.7. The van der Waals surface area contributed by atoms with Crippen molar-refractivity contribution >= 4 is 28.4 Å². The van der Waals surface area contributed by atoms with Gasteiger partial charge in [-0.15, -0.1) is 0 Å². The number of hydrogen-bond acceptors (Lipinski definition) is 4. The van der Waals surface area contributed by atoms with Gasteiger partial charge in [0.05, 0.1) is 17.7 Å². The topological polar surface area (TPSA) is 88.3 Å². The first kappa shape index (κ1) is 17.0. The Balaban J connectivity index is 1.49. The third kappa shape index (κ3) is 3.29. The van der Waals surface area contributed by atoms with E-state index in [1.165, 1.54) is 5.56 Å². The van der Waals surface area contributed by atoms with Crippen molar-refractivity contribution in [2.24, 2.45) is 11.7 Å². The fourth-order valence-electron chi connectivity index (χ4n) is 4.11. The molecule has 1 aromatic heterocycles. The van der Waals surface area contributed by atoms with Crippen molar-refractivity contribution in [1.82, 2.24) is 9.88 Å². The number of aromatic nitrogens is 1. The fourth-order valence-corrected chi connectivity index (χ4v) is 4.11. The number of amides is 2. The number of primary amides is 1. The molecule has 3 N–H and O–H groups in total. The number of hydrogen-bond donors (Lipinski definition) is 2. The monoisotopic (exact) mass is 352 g/mol. The highest BCUT2D eigenvalue weighted by molar-refractivity contribution is 6.03. The summed E-state index contributed by atoms with van der Waals surface area (Å²) >= 11 is 0. The summed E-state index contributed by atoms with van der Waals surface area (Å²) in [6.45, 7) is 1.81. The number of aryl methyl sites for hydroxylation is 1. The number of carbonyl (C=O) groups is 2. The normalized spacial score (nSPS) is 18.0. The maximum Gasteiger partial charge on any atom is 0.238 e. The zero-order valence-electron chi connectivity index (χ0n) is 14.8. The summed E-state index contributed by atoms with van der Waals surface area (Å²) in [4.78, 5) is 30.8. The van der Waals surface area contributed by atoms with Crippen molar-refractivity contribution in [3.8, 4) is 0 Å². The van der Waals surface area contributed by atoms with E-state index in [1.54, 1.807) is 0 Å². The molecule has 4 rings (SSSR count). The largest absolute Gasteiger partial charge is 0.369 e. The lowest BCUT2D eigenvalue weighted by atomic mass is 9.96. The van der Waals surface area contributed by atoms with Crippen LogP contribution in [0.2, 0.25) is 0 Å². The van der Waals surface area contributed by atoms with Crippen LogP contribution in [0, 0.1) is 5.92 Å². The molecule has 1 aliphatic heterocycles. The zero-order valence-corrected chi connectivity index (χ0v) is 14.8. The van der Waals surface area contributed by atoms with E-state index in [1.807, 2.05) is 24.3 Å². The Labute approximate surface area is 152 Å². The molecule has 0 atom stereocenters. The number of fused-ring (bicyclic) bond motifs is 2. The average molecular weight is 352 g/mol. The van der Waals surface area contributed by atoms with Gasteiger partial charge >= 0.3 is 0 Å². The van der Waals surface area contributed by atoms with Gasteiger partial charge in [-0.1, -0.05) is 18.2 Å². The van der Waals surface area contributed by atoms with Gasteiger partial charge < -0.3 is 11.1 Å². The molecule has 6 heteroatoms. The summed E-state index contributed by atoms with van der Waals surface area (Å²) in [7, 11) is 0. The molecule has 1 saturated heterocycles. The van der Waals surface area contributed by atoms with E-state index in [0.717, 1.165) is 67.5 Å². The highest BCUT2D eigenvalue weighted by atomic mass is 16.2. The van der Waals surface area contributed by atoms with Crippen LogP contribution in [0.5, 0.6) is 0 Å². The van der Waals surface area contributed by atoms with E-state index in [2.05, 4.69) is 10.2 Å². The Hall–Kier alpha value is -2.47. The van der Waals surface area contributed by atoms with Gasteiger partial charge in [-0.3, -0.25) is 19.5 Å². The van der Waals surface area contributed by atoms with Crippen LogP contribution in [-0.2, 0) is 22.4 Å². The molecule has 0 radical (unpaired) electrons. The average Bonchev–Trinajstić information content (AvgIpc) is 3.10. The highest BCUT2D eigenvalue weighted by Crippen LogP contribution is 2.34. The van der Waals surface area contributed by atoms with Crippen LogP contribution in [0.15, 0.2) is 24.3 Å². The lowest BCUT2D eigenvalue weighted by Gasteiger charge is -2.30. The molecule has 0 spiro atoms. The van der Waals surface area contributed by atoms with E-state index >= 15 is 0 Å². The maximum absolute atomic E-state index is 12.7. The standard InChI is InChI=1S/C20H24N4O2/c21-20(26)13-8-10-24(11-9-13)12-18(25)23-19-14-4-1-2-6-16(14)22-17-7-3-5-15(17)19/h1-2,4,6,13H,3,5,7-12H2,(H2,21,26)(H,22,23,25). The molecule has 26 heavy (non-hydrogen) atoms. The van der Waals surface area contributed by atoms with E-state index < -0.39 is 0 Å². The lowest BCUT2D eigenvalue weighted by molar-refractivity contribution is -0.123. The number of piperidine rings is 1. The van der Waals surface area contributed by atoms with E-state index in [4.69, 9.17) is 10.7 Å². The van der Waals surface area contributed by atoms with Gasteiger partial charge in [-0.25, -0.2) is 0 Å². The molecule has 2 heterocycles. The van der Waals surface area contributed by atoms with Crippen molar-refractivity contribution in [2.45, 2.75) is 32.1 Å². The van der Waals surface area contributed by atoms with E-state index in [9.17, 15) is 9.59 Å². The Morgan fingerprint density at radius 3 is 2.73 bits per heavy atom. The van der Waals surface area contributed by atoms with Gasteiger partial charge in [0.1, 0.15) is 0 Å². The molecular formula is C20H24N4O2. The van der Waals surface area contributed by atoms with E-state index in [-0.39, 0.29) is 17.7 Å². The minimum absolute atomic E-state index is 0.00650. The summed E-state index contributed by atoms with van der Waals surface area (Å²) in [5.74, 6) is -0.289. The second-order valence-corrected chi connectivity index (χ2v) is 7.28. The van der Waals surface area contributed by atoms with Crippen LogP contribution >= 0.6 is 0 Å². The molecule has 1 aliphatic carbocycles. The predicted molar refractivity (Wildman–Crippen MR) is 101 cm³/mol. The second-order valence-electron chi connectivity index (χ2n) is 7.28. The molecule has 0 unspecified atom stereocenters. The minimum atomic E-state index is -0.229. The van der Waals surface area contributed by atoms with Gasteiger partial charge in [0, 0.05) is 17.0 Å². The molecule has 0 bridgehead atoms. The number of carbonyl (C=O) groups excluding carboxylic acids is 2. The fraction of sp³-hybridized carbons (Fsp3) is 0.450. The molecule has 2 aromatic rings. The van der Waals surface area contributed by atoms with Gasteiger partial charge in [0.15, 0.2) is 0 Å². The third-order valence-corrected chi connectivity index (χ3v) is 5.54. The van der Waals surface area contributed by atoms with Crippen LogP contribution in [-0.4, -0.2) is 41.3 Å². The summed E-state index contributed by atoms with van der Waals surface area (Å²) in [5, 5.41) is 4.16. The predicted octanol–water partition coefficient (Wildman–Crippen LogP) is 1.86. The summed E-state index contributed by atoms with van der Waals surface area (Å²) in [6.07, 6.45) is 4.49. The van der Waals surface area contributed by atoms with E-state index in [0.29, 0.717) is 6.54 Å². The van der Waals surface area contributed by atoms with Crippen molar-refractivity contribution < 1.29 is 9.59 Å². The molecule has 2 aliphatic rings. The Morgan fingerprint density at radius 2 is 1.96 bits per heavy atom. The van der Waals surface area contributed by atoms with Crippen molar-refractivity contribution in [3.05, 3.63) is 35.5 Å². The quantitative estimate of drug-likeness (QED) is 0.879. The van der Waals surface area contributed by atoms with Crippen molar-refractivity contribution in [1.29, 1.82) is 0 Å². The minimum Gasteiger partial charge on any atom is -0.369 e. The Kier molecular flexibility index (Phi) is 4.59. The number of anilines is 1. The Bertz CT molecular complexity index is 856. The Morgan fingerprint density at radius 1 is 1.19 bits per heavy atom. The smallest absolute Gasteiger partial charge is 0.238 e. The molecule has 1 aromatic carbocycles. The van der Waals surface area contributed by atoms with Crippen molar-refractivity contribution in [3.63, 3.8) is 0 Å². The second kappa shape index (κ2) is 7.03. The first-order chi connectivity index (χ1) is 12.6. The molecule has 6 nitrogen and oxygen atoms in total. The van der Waals surface area contributed by atoms with Crippen LogP contribution in [0.4, 0.5) is 5.69 Å². The van der Waals surface area contributed by atoms with Crippen molar-refractivity contribution in [2.75, 3.05) is 25.0 Å². The molecule has 2 amide bonds.